The molecule has 0 aromatic rings. The Kier molecular flexibility index (Phi) is 3.16. The van der Waals surface area contributed by atoms with Crippen molar-refractivity contribution in [1.82, 2.24) is 0 Å². The zero-order valence-corrected chi connectivity index (χ0v) is 9.06. The van der Waals surface area contributed by atoms with Crippen molar-refractivity contribution in [2.45, 2.75) is 33.6 Å². The molecule has 0 fully saturated rings. The summed E-state index contributed by atoms with van der Waals surface area (Å²) in [6.07, 6.45) is 0.660. The SMILES string of the molecule is CC(C)(C)C1C=CC(OC(F)(F)F)=CC1. The van der Waals surface area contributed by atoms with Crippen LogP contribution in [-0.4, -0.2) is 6.36 Å². The lowest BCUT2D eigenvalue weighted by atomic mass is 9.77. The van der Waals surface area contributed by atoms with Crippen molar-refractivity contribution in [2.75, 3.05) is 0 Å². The highest BCUT2D eigenvalue weighted by Gasteiger charge is 2.32. The van der Waals surface area contributed by atoms with Gasteiger partial charge in [-0.3, -0.25) is 0 Å². The molecular formula is C11H15F3O. The Hall–Kier alpha value is -0.930. The summed E-state index contributed by atoms with van der Waals surface area (Å²) in [6.45, 7) is 6.18. The maximum absolute atomic E-state index is 11.9. The Morgan fingerprint density at radius 2 is 1.87 bits per heavy atom. The first-order valence-electron chi connectivity index (χ1n) is 4.82. The third-order valence-corrected chi connectivity index (χ3v) is 2.41. The van der Waals surface area contributed by atoms with E-state index in [1.165, 1.54) is 12.2 Å². The molecule has 0 saturated carbocycles. The number of alkyl halides is 3. The number of rotatable bonds is 1. The Balaban J connectivity index is 2.58. The van der Waals surface area contributed by atoms with Gasteiger partial charge in [-0.1, -0.05) is 26.8 Å². The fourth-order valence-electron chi connectivity index (χ4n) is 1.45. The van der Waals surface area contributed by atoms with Crippen molar-refractivity contribution in [3.05, 3.63) is 24.0 Å². The first kappa shape index (κ1) is 12.1. The average molecular weight is 220 g/mol. The highest BCUT2D eigenvalue weighted by Crippen LogP contribution is 2.34. The van der Waals surface area contributed by atoms with Gasteiger partial charge in [-0.25, -0.2) is 0 Å². The van der Waals surface area contributed by atoms with E-state index in [0.717, 1.165) is 0 Å². The zero-order valence-electron chi connectivity index (χ0n) is 9.06. The van der Waals surface area contributed by atoms with Crippen LogP contribution in [0.1, 0.15) is 27.2 Å². The predicted molar refractivity (Wildman–Crippen MR) is 51.9 cm³/mol. The molecule has 15 heavy (non-hydrogen) atoms. The second kappa shape index (κ2) is 3.91. The second-order valence-corrected chi connectivity index (χ2v) is 4.72. The van der Waals surface area contributed by atoms with E-state index in [0.29, 0.717) is 6.42 Å². The van der Waals surface area contributed by atoms with E-state index in [-0.39, 0.29) is 17.1 Å². The Morgan fingerprint density at radius 3 is 2.20 bits per heavy atom. The van der Waals surface area contributed by atoms with Gasteiger partial charge in [-0.2, -0.15) is 0 Å². The predicted octanol–water partition coefficient (Wildman–Crippen LogP) is 4.03. The number of hydrogen-bond acceptors (Lipinski definition) is 1. The third kappa shape index (κ3) is 3.98. The molecule has 0 amide bonds. The van der Waals surface area contributed by atoms with E-state index in [9.17, 15) is 13.2 Å². The molecule has 1 aliphatic carbocycles. The van der Waals surface area contributed by atoms with Crippen LogP contribution < -0.4 is 0 Å². The lowest BCUT2D eigenvalue weighted by Gasteiger charge is -2.29. The summed E-state index contributed by atoms with van der Waals surface area (Å²) in [5.41, 5.74) is 0.0662. The van der Waals surface area contributed by atoms with Gasteiger partial charge in [0.15, 0.2) is 0 Å². The summed E-state index contributed by atoms with van der Waals surface area (Å²) in [6, 6.07) is 0. The van der Waals surface area contributed by atoms with Crippen LogP contribution in [0.15, 0.2) is 24.0 Å². The number of allylic oxidation sites excluding steroid dienone is 3. The lowest BCUT2D eigenvalue weighted by Crippen LogP contribution is -2.20. The maximum Gasteiger partial charge on any atom is 0.573 e. The lowest BCUT2D eigenvalue weighted by molar-refractivity contribution is -0.303. The quantitative estimate of drug-likeness (QED) is 0.648. The van der Waals surface area contributed by atoms with Crippen molar-refractivity contribution >= 4 is 0 Å². The highest BCUT2D eigenvalue weighted by molar-refractivity contribution is 5.19. The smallest absolute Gasteiger partial charge is 0.406 e. The number of hydrogen-bond donors (Lipinski definition) is 0. The van der Waals surface area contributed by atoms with Crippen LogP contribution in [0.5, 0.6) is 0 Å². The summed E-state index contributed by atoms with van der Waals surface area (Å²) < 4.78 is 39.4. The monoisotopic (exact) mass is 220 g/mol. The standard InChI is InChI=1S/C11H15F3O/c1-10(2,3)8-4-6-9(7-5-8)15-11(12,13)14/h4,6-8H,5H2,1-3H3. The number of ether oxygens (including phenoxy) is 1. The van der Waals surface area contributed by atoms with Gasteiger partial charge in [0.2, 0.25) is 0 Å². The fourth-order valence-corrected chi connectivity index (χ4v) is 1.45. The van der Waals surface area contributed by atoms with Crippen molar-refractivity contribution in [2.24, 2.45) is 11.3 Å². The molecule has 1 aliphatic rings. The molecule has 0 N–H and O–H groups in total. The highest BCUT2D eigenvalue weighted by atomic mass is 19.4. The van der Waals surface area contributed by atoms with E-state index < -0.39 is 6.36 Å². The van der Waals surface area contributed by atoms with Gasteiger partial charge in [0.25, 0.3) is 0 Å². The van der Waals surface area contributed by atoms with Crippen LogP contribution in [0.25, 0.3) is 0 Å². The first-order valence-corrected chi connectivity index (χ1v) is 4.82. The Morgan fingerprint density at radius 1 is 1.27 bits per heavy atom. The van der Waals surface area contributed by atoms with Crippen LogP contribution in [0.3, 0.4) is 0 Å². The Bertz CT molecular complexity index is 281. The molecule has 0 heterocycles. The summed E-state index contributed by atoms with van der Waals surface area (Å²) >= 11 is 0. The Labute approximate surface area is 87.6 Å². The van der Waals surface area contributed by atoms with E-state index in [1.54, 1.807) is 6.08 Å². The summed E-state index contributed by atoms with van der Waals surface area (Å²) in [5, 5.41) is 0. The van der Waals surface area contributed by atoms with E-state index in [4.69, 9.17) is 0 Å². The molecule has 0 aromatic heterocycles. The minimum atomic E-state index is -4.59. The molecule has 0 aromatic carbocycles. The van der Waals surface area contributed by atoms with Crippen LogP contribution in [0.2, 0.25) is 0 Å². The third-order valence-electron chi connectivity index (χ3n) is 2.41. The average Bonchev–Trinajstić information content (AvgIpc) is 2.00. The van der Waals surface area contributed by atoms with Crippen LogP contribution >= 0.6 is 0 Å². The molecule has 0 aliphatic heterocycles. The normalized spacial score (nSPS) is 22.5. The van der Waals surface area contributed by atoms with Crippen molar-refractivity contribution in [3.63, 3.8) is 0 Å². The molecule has 0 spiro atoms. The minimum absolute atomic E-state index is 0.0662. The summed E-state index contributed by atoms with van der Waals surface area (Å²) in [4.78, 5) is 0. The molecule has 1 rings (SSSR count). The summed E-state index contributed by atoms with van der Waals surface area (Å²) in [7, 11) is 0. The van der Waals surface area contributed by atoms with Gasteiger partial charge >= 0.3 is 6.36 Å². The van der Waals surface area contributed by atoms with Crippen molar-refractivity contribution in [1.29, 1.82) is 0 Å². The van der Waals surface area contributed by atoms with E-state index in [2.05, 4.69) is 25.5 Å². The molecule has 1 nitrogen and oxygen atoms in total. The molecule has 1 unspecified atom stereocenters. The van der Waals surface area contributed by atoms with Gasteiger partial charge in [-0.05, 0) is 29.9 Å². The van der Waals surface area contributed by atoms with Crippen molar-refractivity contribution in [3.8, 4) is 0 Å². The van der Waals surface area contributed by atoms with Gasteiger partial charge in [-0.15, -0.1) is 13.2 Å². The zero-order chi connectivity index (χ0) is 11.7. The largest absolute Gasteiger partial charge is 0.573 e. The van der Waals surface area contributed by atoms with Gasteiger partial charge in [0, 0.05) is 0 Å². The van der Waals surface area contributed by atoms with Crippen LogP contribution in [0.4, 0.5) is 13.2 Å². The fraction of sp³-hybridized carbons (Fsp3) is 0.636. The van der Waals surface area contributed by atoms with Crippen molar-refractivity contribution < 1.29 is 17.9 Å². The number of halogens is 3. The first-order chi connectivity index (χ1) is 6.68. The van der Waals surface area contributed by atoms with Gasteiger partial charge in [0.1, 0.15) is 5.76 Å². The molecule has 4 heteroatoms. The van der Waals surface area contributed by atoms with Crippen LogP contribution in [0, 0.1) is 11.3 Å². The van der Waals surface area contributed by atoms with E-state index in [1.807, 2.05) is 0 Å². The van der Waals surface area contributed by atoms with Gasteiger partial charge < -0.3 is 4.74 Å². The molecular weight excluding hydrogens is 205 g/mol. The molecule has 1 atom stereocenters. The summed E-state index contributed by atoms with van der Waals surface area (Å²) in [5.74, 6) is 0.154. The molecule has 0 radical (unpaired) electrons. The maximum atomic E-state index is 11.9. The van der Waals surface area contributed by atoms with Gasteiger partial charge in [0.05, 0.1) is 0 Å². The molecule has 0 bridgehead atoms. The second-order valence-electron chi connectivity index (χ2n) is 4.72. The molecule has 86 valence electrons. The van der Waals surface area contributed by atoms with E-state index >= 15 is 0 Å². The topological polar surface area (TPSA) is 9.23 Å². The minimum Gasteiger partial charge on any atom is -0.406 e. The molecule has 0 saturated heterocycles. The van der Waals surface area contributed by atoms with Crippen LogP contribution in [-0.2, 0) is 4.74 Å².